The van der Waals surface area contributed by atoms with Crippen molar-refractivity contribution in [2.75, 3.05) is 13.6 Å². The van der Waals surface area contributed by atoms with E-state index in [0.717, 1.165) is 12.5 Å². The molecule has 0 bridgehead atoms. The van der Waals surface area contributed by atoms with Gasteiger partial charge in [-0.15, -0.1) is 11.3 Å². The van der Waals surface area contributed by atoms with Gasteiger partial charge in [-0.2, -0.15) is 0 Å². The summed E-state index contributed by atoms with van der Waals surface area (Å²) in [6, 6.07) is 4.85. The van der Waals surface area contributed by atoms with Gasteiger partial charge in [0, 0.05) is 23.0 Å². The molecule has 3 heteroatoms. The molecule has 1 aliphatic rings. The molecule has 2 rings (SSSR count). The molecule has 1 aromatic rings. The van der Waals surface area contributed by atoms with Gasteiger partial charge in [0.15, 0.2) is 0 Å². The third kappa shape index (κ3) is 2.63. The van der Waals surface area contributed by atoms with Crippen molar-refractivity contribution >= 4 is 11.3 Å². The van der Waals surface area contributed by atoms with E-state index >= 15 is 0 Å². The Balaban J connectivity index is 2.12. The summed E-state index contributed by atoms with van der Waals surface area (Å²) in [6.07, 6.45) is 5.13. The monoisotopic (exact) mass is 266 g/mol. The third-order valence-electron chi connectivity index (χ3n) is 4.87. The molecule has 1 unspecified atom stereocenters. The molecule has 2 N–H and O–H groups in total. The molecule has 1 heterocycles. The molecular formula is C15H26N2S. The SMILES string of the molecule is CC1CCC(CN)(N(C)C(C)c2cccs2)CC1. The van der Waals surface area contributed by atoms with Gasteiger partial charge in [-0.1, -0.05) is 13.0 Å². The second-order valence-corrected chi connectivity index (χ2v) is 6.89. The average Bonchev–Trinajstić information content (AvgIpc) is 2.92. The van der Waals surface area contributed by atoms with Gasteiger partial charge in [0.2, 0.25) is 0 Å². The zero-order valence-corrected chi connectivity index (χ0v) is 12.7. The second kappa shape index (κ2) is 5.72. The van der Waals surface area contributed by atoms with Gasteiger partial charge in [-0.05, 0) is 57.0 Å². The topological polar surface area (TPSA) is 29.3 Å². The van der Waals surface area contributed by atoms with Crippen LogP contribution in [-0.2, 0) is 0 Å². The molecule has 0 aliphatic heterocycles. The van der Waals surface area contributed by atoms with E-state index in [1.807, 2.05) is 11.3 Å². The van der Waals surface area contributed by atoms with Crippen LogP contribution in [0, 0.1) is 5.92 Å². The van der Waals surface area contributed by atoms with E-state index in [9.17, 15) is 0 Å². The highest BCUT2D eigenvalue weighted by Gasteiger charge is 2.38. The Morgan fingerprint density at radius 3 is 2.67 bits per heavy atom. The van der Waals surface area contributed by atoms with E-state index in [0.29, 0.717) is 6.04 Å². The number of rotatable bonds is 4. The van der Waals surface area contributed by atoms with Crippen molar-refractivity contribution in [1.29, 1.82) is 0 Å². The number of thiophene rings is 1. The van der Waals surface area contributed by atoms with E-state index < -0.39 is 0 Å². The van der Waals surface area contributed by atoms with Crippen molar-refractivity contribution < 1.29 is 0 Å². The normalized spacial score (nSPS) is 30.6. The lowest BCUT2D eigenvalue weighted by molar-refractivity contribution is 0.0385. The van der Waals surface area contributed by atoms with Crippen molar-refractivity contribution in [2.45, 2.75) is 51.1 Å². The molecule has 1 atom stereocenters. The minimum absolute atomic E-state index is 0.218. The number of nitrogens with zero attached hydrogens (tertiary/aromatic N) is 1. The summed E-state index contributed by atoms with van der Waals surface area (Å²) in [5.74, 6) is 0.870. The number of hydrogen-bond acceptors (Lipinski definition) is 3. The summed E-state index contributed by atoms with van der Waals surface area (Å²) >= 11 is 1.85. The Hall–Kier alpha value is -0.380. The van der Waals surface area contributed by atoms with Crippen LogP contribution in [0.25, 0.3) is 0 Å². The smallest absolute Gasteiger partial charge is 0.0416 e. The van der Waals surface area contributed by atoms with Gasteiger partial charge in [0.1, 0.15) is 0 Å². The summed E-state index contributed by atoms with van der Waals surface area (Å²) in [5.41, 5.74) is 6.36. The fraction of sp³-hybridized carbons (Fsp3) is 0.733. The average molecular weight is 266 g/mol. The summed E-state index contributed by atoms with van der Waals surface area (Å²) in [5, 5.41) is 2.16. The Morgan fingerprint density at radius 2 is 2.17 bits per heavy atom. The van der Waals surface area contributed by atoms with Crippen LogP contribution in [0.15, 0.2) is 17.5 Å². The highest BCUT2D eigenvalue weighted by molar-refractivity contribution is 7.10. The first-order valence-corrected chi connectivity index (χ1v) is 7.93. The lowest BCUT2D eigenvalue weighted by atomic mass is 9.75. The van der Waals surface area contributed by atoms with Gasteiger partial charge < -0.3 is 5.73 Å². The third-order valence-corrected chi connectivity index (χ3v) is 5.91. The van der Waals surface area contributed by atoms with E-state index in [1.54, 1.807) is 0 Å². The maximum atomic E-state index is 6.14. The molecule has 1 saturated carbocycles. The standard InChI is InChI=1S/C15H26N2S/c1-12-6-8-15(11-16,9-7-12)17(3)13(2)14-5-4-10-18-14/h4-5,10,12-13H,6-9,11,16H2,1-3H3. The molecule has 1 aromatic heterocycles. The maximum absolute atomic E-state index is 6.14. The molecule has 0 spiro atoms. The number of hydrogen-bond donors (Lipinski definition) is 1. The molecule has 0 saturated heterocycles. The van der Waals surface area contributed by atoms with E-state index in [-0.39, 0.29) is 5.54 Å². The van der Waals surface area contributed by atoms with Gasteiger partial charge >= 0.3 is 0 Å². The van der Waals surface area contributed by atoms with Crippen molar-refractivity contribution in [3.63, 3.8) is 0 Å². The molecule has 1 aliphatic carbocycles. The van der Waals surface area contributed by atoms with Crippen LogP contribution in [0.5, 0.6) is 0 Å². The first kappa shape index (κ1) is 14.0. The molecule has 102 valence electrons. The molecule has 0 radical (unpaired) electrons. The highest BCUT2D eigenvalue weighted by Crippen LogP contribution is 2.39. The van der Waals surface area contributed by atoms with Crippen LogP contribution in [0.3, 0.4) is 0 Å². The highest BCUT2D eigenvalue weighted by atomic mass is 32.1. The van der Waals surface area contributed by atoms with Crippen molar-refractivity contribution in [2.24, 2.45) is 11.7 Å². The quantitative estimate of drug-likeness (QED) is 0.901. The lowest BCUT2D eigenvalue weighted by Gasteiger charge is -2.48. The van der Waals surface area contributed by atoms with Crippen LogP contribution < -0.4 is 5.73 Å². The minimum Gasteiger partial charge on any atom is -0.329 e. The second-order valence-electron chi connectivity index (χ2n) is 5.91. The summed E-state index contributed by atoms with van der Waals surface area (Å²) < 4.78 is 0. The van der Waals surface area contributed by atoms with Crippen LogP contribution in [0.4, 0.5) is 0 Å². The molecule has 18 heavy (non-hydrogen) atoms. The molecule has 2 nitrogen and oxygen atoms in total. The predicted octanol–water partition coefficient (Wildman–Crippen LogP) is 3.65. The summed E-state index contributed by atoms with van der Waals surface area (Å²) in [7, 11) is 2.26. The Kier molecular flexibility index (Phi) is 4.46. The fourth-order valence-corrected chi connectivity index (χ4v) is 3.96. The van der Waals surface area contributed by atoms with Crippen LogP contribution in [-0.4, -0.2) is 24.0 Å². The van der Waals surface area contributed by atoms with E-state index in [2.05, 4.69) is 43.3 Å². The van der Waals surface area contributed by atoms with Crippen molar-refractivity contribution in [1.82, 2.24) is 4.90 Å². The number of likely N-dealkylation sites (N-methyl/N-ethyl adjacent to an activating group) is 1. The predicted molar refractivity (Wildman–Crippen MR) is 79.9 cm³/mol. The van der Waals surface area contributed by atoms with Crippen LogP contribution >= 0.6 is 11.3 Å². The summed E-state index contributed by atoms with van der Waals surface area (Å²) in [4.78, 5) is 3.98. The zero-order valence-electron chi connectivity index (χ0n) is 11.9. The molecular weight excluding hydrogens is 240 g/mol. The molecule has 1 fully saturated rings. The van der Waals surface area contributed by atoms with E-state index in [4.69, 9.17) is 5.73 Å². The first-order chi connectivity index (χ1) is 8.59. The van der Waals surface area contributed by atoms with Gasteiger partial charge in [0.25, 0.3) is 0 Å². The van der Waals surface area contributed by atoms with Crippen LogP contribution in [0.1, 0.15) is 50.4 Å². The molecule has 0 amide bonds. The van der Waals surface area contributed by atoms with Gasteiger partial charge in [0.05, 0.1) is 0 Å². The zero-order chi connectivity index (χ0) is 13.2. The van der Waals surface area contributed by atoms with Gasteiger partial charge in [-0.3, -0.25) is 4.90 Å². The largest absolute Gasteiger partial charge is 0.329 e. The van der Waals surface area contributed by atoms with Crippen LogP contribution in [0.2, 0.25) is 0 Å². The Labute approximate surface area is 115 Å². The fourth-order valence-electron chi connectivity index (χ4n) is 3.13. The Bertz CT molecular complexity index is 353. The number of nitrogens with two attached hydrogens (primary N) is 1. The van der Waals surface area contributed by atoms with E-state index in [1.165, 1.54) is 30.6 Å². The van der Waals surface area contributed by atoms with Crippen molar-refractivity contribution in [3.05, 3.63) is 22.4 Å². The first-order valence-electron chi connectivity index (χ1n) is 7.05. The summed E-state index contributed by atoms with van der Waals surface area (Å²) in [6.45, 7) is 5.45. The molecule has 0 aromatic carbocycles. The van der Waals surface area contributed by atoms with Gasteiger partial charge in [-0.25, -0.2) is 0 Å². The Morgan fingerprint density at radius 1 is 1.50 bits per heavy atom. The maximum Gasteiger partial charge on any atom is 0.0416 e. The lowest BCUT2D eigenvalue weighted by Crippen LogP contribution is -2.54. The minimum atomic E-state index is 0.218. The van der Waals surface area contributed by atoms with Crippen molar-refractivity contribution in [3.8, 4) is 0 Å².